The fourth-order valence-electron chi connectivity index (χ4n) is 4.21. The first-order valence-corrected chi connectivity index (χ1v) is 12.7. The van der Waals surface area contributed by atoms with Crippen molar-refractivity contribution in [1.29, 1.82) is 0 Å². The quantitative estimate of drug-likeness (QED) is 0.208. The van der Waals surface area contributed by atoms with E-state index in [4.69, 9.17) is 9.47 Å². The summed E-state index contributed by atoms with van der Waals surface area (Å²) in [6.07, 6.45) is 4.93. The molecule has 0 N–H and O–H groups in total. The number of nitrogens with zero attached hydrogens (tertiary/aromatic N) is 3. The van der Waals surface area contributed by atoms with Crippen LogP contribution in [0.15, 0.2) is 73.3 Å². The van der Waals surface area contributed by atoms with Crippen molar-refractivity contribution >= 4 is 33.1 Å². The molecule has 0 radical (unpaired) electrons. The van der Waals surface area contributed by atoms with Gasteiger partial charge in [-0.25, -0.2) is 9.37 Å². The van der Waals surface area contributed by atoms with Gasteiger partial charge in [0.05, 0.1) is 46.8 Å². The Hall–Kier alpha value is -4.37. The molecule has 7 nitrogen and oxygen atoms in total. The van der Waals surface area contributed by atoms with Gasteiger partial charge in [0.25, 0.3) is 0 Å². The number of aromatic nitrogens is 3. The second-order valence-corrected chi connectivity index (χ2v) is 9.86. The molecule has 0 bridgehead atoms. The van der Waals surface area contributed by atoms with E-state index in [1.54, 1.807) is 43.0 Å². The number of methoxy groups -OCH3 is 1. The molecular weight excluding hydrogens is 505 g/mol. The maximum Gasteiger partial charge on any atom is 0.166 e. The number of carbonyl (C=O) groups excluding carboxylic acids is 2. The summed E-state index contributed by atoms with van der Waals surface area (Å²) in [6.45, 7) is 0. The van der Waals surface area contributed by atoms with E-state index < -0.39 is 5.82 Å². The third-order valence-electron chi connectivity index (χ3n) is 6.04. The maximum absolute atomic E-state index is 15.0. The highest BCUT2D eigenvalue weighted by Crippen LogP contribution is 2.39. The molecule has 3 aromatic heterocycles. The number of thiophene rings is 1. The average Bonchev–Trinajstić information content (AvgIpc) is 3.52. The van der Waals surface area contributed by atoms with E-state index in [-0.39, 0.29) is 36.6 Å². The Balaban J connectivity index is 1.26. The minimum absolute atomic E-state index is 0.0384. The second-order valence-electron chi connectivity index (χ2n) is 8.81. The van der Waals surface area contributed by atoms with E-state index in [2.05, 4.69) is 9.97 Å². The Morgan fingerprint density at radius 3 is 2.58 bits per heavy atom. The van der Waals surface area contributed by atoms with Crippen LogP contribution in [0.1, 0.15) is 17.5 Å². The van der Waals surface area contributed by atoms with Gasteiger partial charge in [-0.3, -0.25) is 14.6 Å². The number of imidazole rings is 1. The van der Waals surface area contributed by atoms with Crippen molar-refractivity contribution < 1.29 is 23.5 Å². The molecule has 0 unspecified atom stereocenters. The Kier molecular flexibility index (Phi) is 7.28. The predicted octanol–water partition coefficient (Wildman–Crippen LogP) is 5.95. The zero-order valence-electron chi connectivity index (χ0n) is 20.8. The van der Waals surface area contributed by atoms with E-state index >= 15 is 0 Å². The number of aryl methyl sites for hydroxylation is 1. The molecule has 192 valence electrons. The van der Waals surface area contributed by atoms with Gasteiger partial charge in [-0.15, -0.1) is 11.3 Å². The molecule has 2 aromatic carbocycles. The molecule has 3 heterocycles. The number of hydrogen-bond acceptors (Lipinski definition) is 7. The molecule has 0 saturated carbocycles. The number of para-hydroxylation sites is 1. The summed E-state index contributed by atoms with van der Waals surface area (Å²) >= 11 is 1.49. The van der Waals surface area contributed by atoms with Crippen LogP contribution < -0.4 is 9.47 Å². The van der Waals surface area contributed by atoms with Crippen LogP contribution in [-0.2, 0) is 29.5 Å². The molecule has 0 aliphatic heterocycles. The zero-order chi connectivity index (χ0) is 26.6. The molecule has 0 aliphatic rings. The van der Waals surface area contributed by atoms with Crippen molar-refractivity contribution in [2.45, 2.75) is 19.3 Å². The van der Waals surface area contributed by atoms with Gasteiger partial charge in [-0.05, 0) is 29.8 Å². The van der Waals surface area contributed by atoms with E-state index in [1.165, 1.54) is 30.6 Å². The first kappa shape index (κ1) is 25.3. The SMILES string of the molecule is COc1ccccc1CC(=O)CC(=O)Cc1ccc(Oc2ccnc3cc(-c4cncn4C)sc23)c(F)c1. The fourth-order valence-corrected chi connectivity index (χ4v) is 5.32. The normalized spacial score (nSPS) is 11.0. The molecular formula is C29H24FN3O4S. The number of carbonyl (C=O) groups is 2. The van der Waals surface area contributed by atoms with E-state index in [0.717, 1.165) is 26.4 Å². The summed E-state index contributed by atoms with van der Waals surface area (Å²) in [4.78, 5) is 34.5. The summed E-state index contributed by atoms with van der Waals surface area (Å²) in [6, 6.07) is 15.2. The average molecular weight is 530 g/mol. The van der Waals surface area contributed by atoms with Crippen LogP contribution in [0, 0.1) is 5.82 Å². The Morgan fingerprint density at radius 2 is 1.82 bits per heavy atom. The van der Waals surface area contributed by atoms with E-state index in [0.29, 0.717) is 17.1 Å². The smallest absolute Gasteiger partial charge is 0.166 e. The standard InChI is InChI=1S/C29H24FN3O4S/c1-33-17-31-16-24(33)28-15-23-29(38-28)27(9-10-32-23)37-26-8-7-18(12-22(26)30)11-20(34)14-21(35)13-19-5-3-4-6-25(19)36-2/h3-10,12,15-17H,11,13-14H2,1-2H3. The lowest BCUT2D eigenvalue weighted by atomic mass is 10.0. The number of halogens is 1. The van der Waals surface area contributed by atoms with Gasteiger partial charge in [-0.1, -0.05) is 24.3 Å². The molecule has 0 saturated heterocycles. The first-order chi connectivity index (χ1) is 18.4. The van der Waals surface area contributed by atoms with Crippen molar-refractivity contribution in [3.8, 4) is 27.8 Å². The van der Waals surface area contributed by atoms with Gasteiger partial charge >= 0.3 is 0 Å². The fraction of sp³-hybridized carbons (Fsp3) is 0.172. The highest BCUT2D eigenvalue weighted by Gasteiger charge is 2.17. The van der Waals surface area contributed by atoms with Crippen molar-refractivity contribution in [1.82, 2.24) is 14.5 Å². The Labute approximate surface area is 222 Å². The van der Waals surface area contributed by atoms with Crippen molar-refractivity contribution in [3.63, 3.8) is 0 Å². The van der Waals surface area contributed by atoms with Crippen LogP contribution in [-0.4, -0.2) is 33.2 Å². The number of hydrogen-bond donors (Lipinski definition) is 0. The number of pyridine rings is 1. The topological polar surface area (TPSA) is 83.3 Å². The van der Waals surface area contributed by atoms with E-state index in [9.17, 15) is 14.0 Å². The van der Waals surface area contributed by atoms with Crippen LogP contribution in [0.5, 0.6) is 17.2 Å². The van der Waals surface area contributed by atoms with Crippen LogP contribution in [0.4, 0.5) is 4.39 Å². The number of ketones is 2. The Bertz CT molecular complexity index is 1640. The lowest BCUT2D eigenvalue weighted by molar-refractivity contribution is -0.126. The van der Waals surface area contributed by atoms with Crippen molar-refractivity contribution in [2.24, 2.45) is 7.05 Å². The number of ether oxygens (including phenoxy) is 2. The molecule has 0 atom stereocenters. The molecule has 0 aliphatic carbocycles. The van der Waals surface area contributed by atoms with Gasteiger partial charge in [0.2, 0.25) is 0 Å². The summed E-state index contributed by atoms with van der Waals surface area (Å²) in [5.74, 6) is 0.0323. The molecule has 0 amide bonds. The molecule has 0 fully saturated rings. The third kappa shape index (κ3) is 5.47. The highest BCUT2D eigenvalue weighted by atomic mass is 32.1. The summed E-state index contributed by atoms with van der Waals surface area (Å²) in [5.41, 5.74) is 2.88. The molecule has 0 spiro atoms. The van der Waals surface area contributed by atoms with Crippen LogP contribution in [0.25, 0.3) is 20.8 Å². The van der Waals surface area contributed by atoms with Gasteiger partial charge in [-0.2, -0.15) is 0 Å². The largest absolute Gasteiger partial charge is 0.496 e. The van der Waals surface area contributed by atoms with Crippen molar-refractivity contribution in [3.05, 3.63) is 90.3 Å². The van der Waals surface area contributed by atoms with E-state index in [1.807, 2.05) is 29.8 Å². The van der Waals surface area contributed by atoms with Crippen LogP contribution in [0.2, 0.25) is 0 Å². The van der Waals surface area contributed by atoms with Crippen LogP contribution in [0.3, 0.4) is 0 Å². The summed E-state index contributed by atoms with van der Waals surface area (Å²) in [5, 5.41) is 0. The third-order valence-corrected chi connectivity index (χ3v) is 7.20. The zero-order valence-corrected chi connectivity index (χ0v) is 21.6. The molecule has 5 aromatic rings. The first-order valence-electron chi connectivity index (χ1n) is 11.9. The predicted molar refractivity (Wildman–Crippen MR) is 143 cm³/mol. The second kappa shape index (κ2) is 10.9. The van der Waals surface area contributed by atoms with Gasteiger partial charge in [0.15, 0.2) is 11.6 Å². The van der Waals surface area contributed by atoms with Crippen molar-refractivity contribution in [2.75, 3.05) is 7.11 Å². The minimum Gasteiger partial charge on any atom is -0.496 e. The number of benzene rings is 2. The maximum atomic E-state index is 15.0. The highest BCUT2D eigenvalue weighted by molar-refractivity contribution is 7.22. The van der Waals surface area contributed by atoms with Gasteiger partial charge in [0.1, 0.15) is 23.1 Å². The van der Waals surface area contributed by atoms with Gasteiger partial charge < -0.3 is 14.0 Å². The van der Waals surface area contributed by atoms with Crippen LogP contribution >= 0.6 is 11.3 Å². The lowest BCUT2D eigenvalue weighted by Gasteiger charge is -2.09. The van der Waals surface area contributed by atoms with Gasteiger partial charge in [0, 0.05) is 37.7 Å². The number of fused-ring (bicyclic) bond motifs is 1. The monoisotopic (exact) mass is 529 g/mol. The molecule has 38 heavy (non-hydrogen) atoms. The minimum atomic E-state index is -0.593. The Morgan fingerprint density at radius 1 is 1.00 bits per heavy atom. The molecule has 5 rings (SSSR count). The number of Topliss-reactive ketones (excluding diaryl/α,β-unsaturated/α-hetero) is 2. The summed E-state index contributed by atoms with van der Waals surface area (Å²) < 4.78 is 28.8. The summed E-state index contributed by atoms with van der Waals surface area (Å²) in [7, 11) is 3.45. The lowest BCUT2D eigenvalue weighted by Crippen LogP contribution is -2.13. The number of rotatable bonds is 10. The molecule has 9 heteroatoms.